The van der Waals surface area contributed by atoms with Crippen LogP contribution >= 0.6 is 11.8 Å². The van der Waals surface area contributed by atoms with E-state index < -0.39 is 11.6 Å². The molecule has 1 saturated heterocycles. The van der Waals surface area contributed by atoms with Crippen LogP contribution in [0.3, 0.4) is 0 Å². The third-order valence-electron chi connectivity index (χ3n) is 3.54. The molecule has 112 valence electrons. The molecule has 0 spiro atoms. The standard InChI is InChI=1S/C14H15F2N3OS/c1-17-12-7-21-6-11(12)14-18-13(19-20-14)4-8-2-9(15)5-10(16)3-8/h2-3,5,11-12,17H,4,6-7H2,1H3. The van der Waals surface area contributed by atoms with Crippen LogP contribution in [0.4, 0.5) is 8.78 Å². The Bertz CT molecular complexity index is 614. The SMILES string of the molecule is CNC1CSCC1c1nc(Cc2cc(F)cc(F)c2)no1. The Labute approximate surface area is 125 Å². The molecule has 2 heterocycles. The maximum atomic E-state index is 13.2. The number of hydrogen-bond donors (Lipinski definition) is 1. The number of thioether (sulfide) groups is 1. The number of hydrogen-bond acceptors (Lipinski definition) is 5. The number of rotatable bonds is 4. The molecule has 1 fully saturated rings. The third-order valence-corrected chi connectivity index (χ3v) is 4.73. The summed E-state index contributed by atoms with van der Waals surface area (Å²) in [5.41, 5.74) is 0.491. The lowest BCUT2D eigenvalue weighted by atomic mass is 10.0. The molecule has 1 aliphatic rings. The molecule has 0 radical (unpaired) electrons. The Hall–Kier alpha value is -1.47. The zero-order valence-corrected chi connectivity index (χ0v) is 12.3. The lowest BCUT2D eigenvalue weighted by Crippen LogP contribution is -2.31. The molecule has 1 aromatic heterocycles. The van der Waals surface area contributed by atoms with Gasteiger partial charge in [-0.2, -0.15) is 16.7 Å². The Morgan fingerprint density at radius 1 is 1.29 bits per heavy atom. The van der Waals surface area contributed by atoms with Gasteiger partial charge in [0.2, 0.25) is 5.89 Å². The maximum absolute atomic E-state index is 13.2. The molecule has 0 saturated carbocycles. The third kappa shape index (κ3) is 3.24. The normalized spacial score (nSPS) is 21.9. The van der Waals surface area contributed by atoms with Gasteiger partial charge >= 0.3 is 0 Å². The van der Waals surface area contributed by atoms with Gasteiger partial charge in [-0.05, 0) is 24.7 Å². The molecule has 2 unspecified atom stereocenters. The molecule has 4 nitrogen and oxygen atoms in total. The Balaban J connectivity index is 1.76. The van der Waals surface area contributed by atoms with Gasteiger partial charge < -0.3 is 9.84 Å². The predicted molar refractivity (Wildman–Crippen MR) is 76.4 cm³/mol. The second-order valence-corrected chi connectivity index (χ2v) is 6.12. The van der Waals surface area contributed by atoms with Gasteiger partial charge in [0.05, 0.1) is 5.92 Å². The van der Waals surface area contributed by atoms with Gasteiger partial charge in [0.1, 0.15) is 11.6 Å². The zero-order chi connectivity index (χ0) is 14.8. The highest BCUT2D eigenvalue weighted by atomic mass is 32.2. The van der Waals surface area contributed by atoms with Crippen LogP contribution in [0.2, 0.25) is 0 Å². The first-order valence-electron chi connectivity index (χ1n) is 6.68. The zero-order valence-electron chi connectivity index (χ0n) is 11.5. The van der Waals surface area contributed by atoms with Gasteiger partial charge in [-0.1, -0.05) is 5.16 Å². The lowest BCUT2D eigenvalue weighted by molar-refractivity contribution is 0.340. The van der Waals surface area contributed by atoms with Crippen LogP contribution in [-0.2, 0) is 6.42 Å². The summed E-state index contributed by atoms with van der Waals surface area (Å²) >= 11 is 1.84. The lowest BCUT2D eigenvalue weighted by Gasteiger charge is -2.13. The smallest absolute Gasteiger partial charge is 0.232 e. The number of likely N-dealkylation sites (N-methyl/N-ethyl adjacent to an activating group) is 1. The van der Waals surface area contributed by atoms with Crippen molar-refractivity contribution in [3.05, 3.63) is 47.1 Å². The summed E-state index contributed by atoms with van der Waals surface area (Å²) in [6.45, 7) is 0. The minimum absolute atomic E-state index is 0.186. The first kappa shape index (κ1) is 14.5. The Kier molecular flexibility index (Phi) is 4.21. The number of benzene rings is 1. The van der Waals surface area contributed by atoms with Crippen LogP contribution in [0.15, 0.2) is 22.7 Å². The van der Waals surface area contributed by atoms with Gasteiger partial charge in [0.25, 0.3) is 0 Å². The fraction of sp³-hybridized carbons (Fsp3) is 0.429. The van der Waals surface area contributed by atoms with Crippen LogP contribution in [0.5, 0.6) is 0 Å². The van der Waals surface area contributed by atoms with E-state index in [1.165, 1.54) is 12.1 Å². The summed E-state index contributed by atoms with van der Waals surface area (Å²) in [5, 5.41) is 7.15. The molecule has 21 heavy (non-hydrogen) atoms. The molecule has 0 aliphatic carbocycles. The van der Waals surface area contributed by atoms with E-state index in [4.69, 9.17) is 4.52 Å². The topological polar surface area (TPSA) is 51.0 Å². The molecule has 3 rings (SSSR count). The van der Waals surface area contributed by atoms with Crippen molar-refractivity contribution in [2.75, 3.05) is 18.6 Å². The summed E-state index contributed by atoms with van der Waals surface area (Å²) in [6, 6.07) is 3.72. The fourth-order valence-corrected chi connectivity index (χ4v) is 3.89. The largest absolute Gasteiger partial charge is 0.339 e. The van der Waals surface area contributed by atoms with Crippen LogP contribution in [0, 0.1) is 11.6 Å². The molecule has 1 N–H and O–H groups in total. The van der Waals surface area contributed by atoms with Crippen molar-refractivity contribution in [3.8, 4) is 0 Å². The first-order valence-corrected chi connectivity index (χ1v) is 7.83. The summed E-state index contributed by atoms with van der Waals surface area (Å²) in [7, 11) is 1.91. The highest BCUT2D eigenvalue weighted by Crippen LogP contribution is 2.31. The van der Waals surface area contributed by atoms with Crippen LogP contribution in [0.1, 0.15) is 23.2 Å². The van der Waals surface area contributed by atoms with Crippen LogP contribution in [-0.4, -0.2) is 34.7 Å². The summed E-state index contributed by atoms with van der Waals surface area (Å²) in [5.74, 6) is 1.96. The van der Waals surface area contributed by atoms with Gasteiger partial charge in [0.15, 0.2) is 5.82 Å². The fourth-order valence-electron chi connectivity index (χ4n) is 2.47. The van der Waals surface area contributed by atoms with E-state index in [1.807, 2.05) is 18.8 Å². The van der Waals surface area contributed by atoms with Crippen molar-refractivity contribution in [2.24, 2.45) is 0 Å². The van der Waals surface area contributed by atoms with Gasteiger partial charge in [0, 0.05) is 30.0 Å². The molecular weight excluding hydrogens is 296 g/mol. The molecule has 2 aromatic rings. The molecular formula is C14H15F2N3OS. The second kappa shape index (κ2) is 6.11. The summed E-state index contributed by atoms with van der Waals surface area (Å²) in [6.07, 6.45) is 0.252. The highest BCUT2D eigenvalue weighted by Gasteiger charge is 2.32. The number of nitrogens with zero attached hydrogens (tertiary/aromatic N) is 2. The molecule has 1 aromatic carbocycles. The molecule has 7 heteroatoms. The van der Waals surface area contributed by atoms with Crippen molar-refractivity contribution < 1.29 is 13.3 Å². The molecule has 0 bridgehead atoms. The average molecular weight is 311 g/mol. The van der Waals surface area contributed by atoms with Gasteiger partial charge in [-0.15, -0.1) is 0 Å². The van der Waals surface area contributed by atoms with Crippen LogP contribution < -0.4 is 5.32 Å². The second-order valence-electron chi connectivity index (χ2n) is 5.04. The molecule has 2 atom stereocenters. The first-order chi connectivity index (χ1) is 10.2. The van der Waals surface area contributed by atoms with Gasteiger partial charge in [-0.25, -0.2) is 8.78 Å². The highest BCUT2D eigenvalue weighted by molar-refractivity contribution is 7.99. The maximum Gasteiger partial charge on any atom is 0.232 e. The van der Waals surface area contributed by atoms with E-state index in [9.17, 15) is 8.78 Å². The van der Waals surface area contributed by atoms with Gasteiger partial charge in [-0.3, -0.25) is 0 Å². The monoisotopic (exact) mass is 311 g/mol. The van der Waals surface area contributed by atoms with E-state index >= 15 is 0 Å². The summed E-state index contributed by atoms with van der Waals surface area (Å²) < 4.78 is 31.6. The van der Waals surface area contributed by atoms with Crippen LogP contribution in [0.25, 0.3) is 0 Å². The quantitative estimate of drug-likeness (QED) is 0.939. The number of nitrogens with one attached hydrogen (secondary N) is 1. The van der Waals surface area contributed by atoms with Crippen molar-refractivity contribution in [1.29, 1.82) is 0 Å². The van der Waals surface area contributed by atoms with Crippen molar-refractivity contribution in [1.82, 2.24) is 15.5 Å². The Morgan fingerprint density at radius 3 is 2.76 bits per heavy atom. The van der Waals surface area contributed by atoms with E-state index in [0.717, 1.165) is 17.6 Å². The molecule has 0 amide bonds. The van der Waals surface area contributed by atoms with E-state index in [2.05, 4.69) is 15.5 Å². The minimum Gasteiger partial charge on any atom is -0.339 e. The van der Waals surface area contributed by atoms with E-state index in [0.29, 0.717) is 23.3 Å². The number of halogens is 2. The summed E-state index contributed by atoms with van der Waals surface area (Å²) in [4.78, 5) is 4.37. The van der Waals surface area contributed by atoms with Crippen molar-refractivity contribution >= 4 is 11.8 Å². The molecule has 1 aliphatic heterocycles. The van der Waals surface area contributed by atoms with Crippen molar-refractivity contribution in [3.63, 3.8) is 0 Å². The predicted octanol–water partition coefficient (Wildman–Crippen LogP) is 2.36. The Morgan fingerprint density at radius 2 is 2.05 bits per heavy atom. The van der Waals surface area contributed by atoms with Crippen molar-refractivity contribution in [2.45, 2.75) is 18.4 Å². The minimum atomic E-state index is -0.601. The number of aromatic nitrogens is 2. The van der Waals surface area contributed by atoms with E-state index in [-0.39, 0.29) is 12.3 Å². The van der Waals surface area contributed by atoms with E-state index in [1.54, 1.807) is 0 Å². The average Bonchev–Trinajstić information content (AvgIpc) is 3.05.